The fourth-order valence-electron chi connectivity index (χ4n) is 8.92. The molecule has 0 saturated heterocycles. The van der Waals surface area contributed by atoms with E-state index in [9.17, 15) is 0 Å². The third-order valence-electron chi connectivity index (χ3n) is 10.4. The molecule has 0 amide bonds. The van der Waals surface area contributed by atoms with Gasteiger partial charge < -0.3 is 23.0 Å². The lowest BCUT2D eigenvalue weighted by atomic mass is 9.45. The number of allylic oxidation sites excluding steroid dienone is 2. The molecule has 0 spiro atoms. The molecule has 0 bridgehead atoms. The number of hydrogen-bond donors (Lipinski definition) is 0. The Morgan fingerprint density at radius 3 is 2.17 bits per heavy atom. The predicted molar refractivity (Wildman–Crippen MR) is 181 cm³/mol. The summed E-state index contributed by atoms with van der Waals surface area (Å²) in [5, 5.41) is 9.05. The summed E-state index contributed by atoms with van der Waals surface area (Å²) in [5.74, 6) is 1.95. The highest BCUT2D eigenvalue weighted by atomic mass is 28.4. The van der Waals surface area contributed by atoms with Crippen molar-refractivity contribution in [3.05, 3.63) is 11.6 Å². The first-order valence-corrected chi connectivity index (χ1v) is 26.5. The Labute approximate surface area is 259 Å². The van der Waals surface area contributed by atoms with Gasteiger partial charge in [-0.2, -0.15) is 0 Å². The molecule has 0 aromatic rings. The molecule has 3 fully saturated rings. The molecule has 0 aliphatic heterocycles. The Morgan fingerprint density at radius 1 is 0.881 bits per heavy atom. The van der Waals surface area contributed by atoms with Crippen molar-refractivity contribution in [1.29, 1.82) is 0 Å². The molecule has 0 aromatic heterocycles. The van der Waals surface area contributed by atoms with E-state index in [0.717, 1.165) is 50.1 Å². The lowest BCUT2D eigenvalue weighted by Crippen LogP contribution is -2.61. The lowest BCUT2D eigenvalue weighted by Gasteiger charge is -2.62. The van der Waals surface area contributed by atoms with Crippen molar-refractivity contribution in [1.82, 2.24) is 0 Å². The van der Waals surface area contributed by atoms with Crippen LogP contribution in [0.1, 0.15) is 51.9 Å². The molecule has 0 unspecified atom stereocenters. The van der Waals surface area contributed by atoms with Gasteiger partial charge in [0.05, 0.1) is 18.0 Å². The summed E-state index contributed by atoms with van der Waals surface area (Å²) in [5.41, 5.74) is 3.81. The number of oxime groups is 2. The Bertz CT molecular complexity index is 1060. The van der Waals surface area contributed by atoms with Crippen molar-refractivity contribution < 1.29 is 23.0 Å². The molecule has 0 radical (unpaired) electrons. The second-order valence-electron chi connectivity index (χ2n) is 16.6. The van der Waals surface area contributed by atoms with Crippen molar-refractivity contribution >= 4 is 36.4 Å². The van der Waals surface area contributed by atoms with Crippen molar-refractivity contribution in [2.45, 2.75) is 117 Å². The molecule has 7 atom stereocenters. The Balaban J connectivity index is 1.81. The van der Waals surface area contributed by atoms with Gasteiger partial charge in [-0.3, -0.25) is 0 Å². The molecule has 0 aromatic carbocycles. The lowest BCUT2D eigenvalue weighted by molar-refractivity contribution is -0.132. The molecule has 42 heavy (non-hydrogen) atoms. The van der Waals surface area contributed by atoms with Gasteiger partial charge in [0.15, 0.2) is 25.0 Å². The van der Waals surface area contributed by atoms with E-state index < -0.39 is 25.0 Å². The van der Waals surface area contributed by atoms with E-state index in [4.69, 9.17) is 28.1 Å². The number of fused-ring (bicyclic) bond motifs is 5. The minimum absolute atomic E-state index is 0.0269. The van der Waals surface area contributed by atoms with Crippen molar-refractivity contribution in [2.24, 2.45) is 44.8 Å². The average Bonchev–Trinajstić information content (AvgIpc) is 3.23. The maximum atomic E-state index is 7.32. The van der Waals surface area contributed by atoms with Gasteiger partial charge >= 0.3 is 0 Å². The summed E-state index contributed by atoms with van der Waals surface area (Å²) < 4.78 is 20.8. The second kappa shape index (κ2) is 12.5. The first-order chi connectivity index (χ1) is 19.4. The van der Waals surface area contributed by atoms with Gasteiger partial charge in [-0.1, -0.05) is 22.8 Å². The highest BCUT2D eigenvalue weighted by Crippen LogP contribution is 2.67. The molecular weight excluding hydrogens is 577 g/mol. The highest BCUT2D eigenvalue weighted by molar-refractivity contribution is 6.70. The molecule has 4 rings (SSSR count). The minimum Gasteiger partial charge on any atom is -0.417 e. The van der Waals surface area contributed by atoms with Crippen LogP contribution in [0.2, 0.25) is 58.9 Å². The summed E-state index contributed by atoms with van der Waals surface area (Å²) in [6.07, 6.45) is 10.3. The number of rotatable bonds is 11. The topological polar surface area (TPSA) is 70.9 Å². The number of nitrogens with zero attached hydrogens (tertiary/aromatic N) is 2. The second-order valence-corrected chi connectivity index (χ2v) is 30.1. The van der Waals surface area contributed by atoms with Crippen LogP contribution >= 0.6 is 0 Å². The predicted octanol–water partition coefficient (Wildman–Crippen LogP) is 8.08. The molecule has 0 N–H and O–H groups in total. The first-order valence-electron chi connectivity index (χ1n) is 16.3. The zero-order valence-electron chi connectivity index (χ0n) is 28.8. The van der Waals surface area contributed by atoms with Crippen LogP contribution in [0.15, 0.2) is 22.0 Å². The molecule has 10 heteroatoms. The van der Waals surface area contributed by atoms with Gasteiger partial charge in [0, 0.05) is 24.0 Å². The van der Waals surface area contributed by atoms with Crippen molar-refractivity contribution in [3.8, 4) is 0 Å². The van der Waals surface area contributed by atoms with Crippen molar-refractivity contribution in [2.75, 3.05) is 27.4 Å². The molecule has 4 aliphatic carbocycles. The van der Waals surface area contributed by atoms with Gasteiger partial charge in [0.25, 0.3) is 0 Å². The summed E-state index contributed by atoms with van der Waals surface area (Å²) in [6.45, 7) is 24.7. The third kappa shape index (κ3) is 7.36. The van der Waals surface area contributed by atoms with Gasteiger partial charge in [-0.05, 0) is 133 Å². The van der Waals surface area contributed by atoms with Crippen LogP contribution in [-0.2, 0) is 23.0 Å². The van der Waals surface area contributed by atoms with Crippen LogP contribution in [0.5, 0.6) is 0 Å². The van der Waals surface area contributed by atoms with Gasteiger partial charge in [0.2, 0.25) is 0 Å². The molecule has 4 aliphatic rings. The third-order valence-corrected chi connectivity index (χ3v) is 13.4. The standard InChI is InChI=1S/C32H60N2O5Si3/c1-31-18-17-24(33-35-2)19-23(31)13-14-25-26-15-16-27(28(34-36-3)21-37-40(4,5)6)32(26,22-38-41(7,8)9)20-29(30(25)31)39-42(10,11)12/h19,25-27,29-30H,13-18,20-22H2,1-12H3/b33-24+,34-28-/t25-,26-,27+,29-,30+,31-,32+/m0/s1. The van der Waals surface area contributed by atoms with Crippen LogP contribution in [0.3, 0.4) is 0 Å². The minimum atomic E-state index is -1.85. The quantitative estimate of drug-likeness (QED) is 0.130. The van der Waals surface area contributed by atoms with Crippen LogP contribution in [0, 0.1) is 34.5 Å². The maximum Gasteiger partial charge on any atom is 0.184 e. The molecule has 3 saturated carbocycles. The normalized spacial score (nSPS) is 36.7. The largest absolute Gasteiger partial charge is 0.417 e. The Hall–Kier alpha value is -0.789. The van der Waals surface area contributed by atoms with Gasteiger partial charge in [0.1, 0.15) is 14.2 Å². The average molecular weight is 637 g/mol. The molecule has 7 nitrogen and oxygen atoms in total. The summed E-state index contributed by atoms with van der Waals surface area (Å²) in [4.78, 5) is 10.7. The highest BCUT2D eigenvalue weighted by Gasteiger charge is 2.65. The van der Waals surface area contributed by atoms with Crippen LogP contribution in [0.25, 0.3) is 0 Å². The number of hydrogen-bond acceptors (Lipinski definition) is 7. The monoisotopic (exact) mass is 636 g/mol. The molecule has 240 valence electrons. The summed E-state index contributed by atoms with van der Waals surface area (Å²) >= 11 is 0. The van der Waals surface area contributed by atoms with E-state index >= 15 is 0 Å². The van der Waals surface area contributed by atoms with Crippen molar-refractivity contribution in [3.63, 3.8) is 0 Å². The molecular formula is C32H60N2O5Si3. The van der Waals surface area contributed by atoms with E-state index in [0.29, 0.717) is 24.4 Å². The Morgan fingerprint density at radius 2 is 1.57 bits per heavy atom. The van der Waals surface area contributed by atoms with Crippen LogP contribution in [-0.4, -0.2) is 69.9 Å². The Kier molecular flexibility index (Phi) is 10.2. The van der Waals surface area contributed by atoms with E-state index in [1.165, 1.54) is 12.8 Å². The van der Waals surface area contributed by atoms with E-state index in [2.05, 4.69) is 77.1 Å². The maximum absolute atomic E-state index is 7.32. The first kappa shape index (κ1) is 34.1. The zero-order chi connectivity index (χ0) is 31.1. The zero-order valence-corrected chi connectivity index (χ0v) is 31.8. The van der Waals surface area contributed by atoms with Gasteiger partial charge in [-0.25, -0.2) is 0 Å². The fourth-order valence-corrected chi connectivity index (χ4v) is 11.3. The smallest absolute Gasteiger partial charge is 0.184 e. The fraction of sp³-hybridized carbons (Fsp3) is 0.875. The van der Waals surface area contributed by atoms with Gasteiger partial charge in [-0.15, -0.1) is 0 Å². The van der Waals surface area contributed by atoms with E-state index in [-0.39, 0.29) is 22.9 Å². The SMILES string of the molecule is CO/N=C1/C=C2CC[C@@H]3[C@H]([C@@H](O[Si](C)(C)C)C[C@]4(CO[Si](C)(C)C)[C@@H](/C(CO[Si](C)(C)C)=N\OC)CC[C@@H]34)[C@@]2(C)CC1. The summed E-state index contributed by atoms with van der Waals surface area (Å²) in [7, 11) is -2.02. The van der Waals surface area contributed by atoms with E-state index in [1.807, 2.05) is 0 Å². The van der Waals surface area contributed by atoms with Crippen LogP contribution in [0.4, 0.5) is 0 Å². The molecule has 0 heterocycles. The van der Waals surface area contributed by atoms with E-state index in [1.54, 1.807) is 19.8 Å². The summed E-state index contributed by atoms with van der Waals surface area (Å²) in [6, 6.07) is 0. The van der Waals surface area contributed by atoms with Crippen LogP contribution < -0.4 is 0 Å².